The van der Waals surface area contributed by atoms with E-state index in [1.165, 1.54) is 6.07 Å². The average molecular weight is 475 g/mol. The highest BCUT2D eigenvalue weighted by molar-refractivity contribution is 6.43. The number of aliphatic hydroxyl groups is 1. The number of nitrogens with zero attached hydrogens (tertiary/aromatic N) is 1. The lowest BCUT2D eigenvalue weighted by molar-refractivity contribution is -0.0576. The fraction of sp³-hybridized carbons (Fsp3) is 0.667. The maximum atomic E-state index is 12.9. The van der Waals surface area contributed by atoms with Crippen LogP contribution in [0.1, 0.15) is 29.6 Å². The Balaban J connectivity index is 1.31. The molecule has 0 aliphatic carbocycles. The highest BCUT2D eigenvalue weighted by Gasteiger charge is 2.30. The Morgan fingerprint density at radius 1 is 1.16 bits per heavy atom. The van der Waals surface area contributed by atoms with Crippen LogP contribution < -0.4 is 14.8 Å². The molecule has 31 heavy (non-hydrogen) atoms. The molecule has 3 aliphatic rings. The van der Waals surface area contributed by atoms with Crippen molar-refractivity contribution in [2.75, 3.05) is 52.6 Å². The molecule has 172 valence electrons. The van der Waals surface area contributed by atoms with Crippen LogP contribution in [-0.4, -0.2) is 80.9 Å². The van der Waals surface area contributed by atoms with Crippen LogP contribution >= 0.6 is 23.2 Å². The molecular weight excluding hydrogens is 447 g/mol. The van der Waals surface area contributed by atoms with Crippen molar-refractivity contribution in [1.82, 2.24) is 10.2 Å². The number of hydrogen-bond donors (Lipinski definition) is 2. The zero-order valence-electron chi connectivity index (χ0n) is 17.3. The van der Waals surface area contributed by atoms with Crippen LogP contribution in [0.15, 0.2) is 6.07 Å². The van der Waals surface area contributed by atoms with E-state index >= 15 is 0 Å². The van der Waals surface area contributed by atoms with E-state index in [-0.39, 0.29) is 33.7 Å². The number of ether oxygens (including phenoxy) is 4. The molecule has 0 aromatic heterocycles. The van der Waals surface area contributed by atoms with E-state index in [2.05, 4.69) is 10.2 Å². The Morgan fingerprint density at radius 2 is 1.90 bits per heavy atom. The largest absolute Gasteiger partial charge is 0.489 e. The smallest absolute Gasteiger partial charge is 0.255 e. The number of nitrogens with one attached hydrogen (secondary N) is 1. The summed E-state index contributed by atoms with van der Waals surface area (Å²) in [5.74, 6) is 0.264. The molecule has 0 radical (unpaired) electrons. The van der Waals surface area contributed by atoms with Gasteiger partial charge in [-0.15, -0.1) is 0 Å². The van der Waals surface area contributed by atoms with E-state index in [0.29, 0.717) is 57.4 Å². The van der Waals surface area contributed by atoms with Gasteiger partial charge in [0.05, 0.1) is 43.1 Å². The van der Waals surface area contributed by atoms with Crippen LogP contribution in [0, 0.1) is 5.92 Å². The molecule has 0 spiro atoms. The van der Waals surface area contributed by atoms with Gasteiger partial charge in [-0.1, -0.05) is 23.2 Å². The number of fused-ring (bicyclic) bond motifs is 1. The fourth-order valence-corrected chi connectivity index (χ4v) is 4.49. The molecule has 3 aliphatic heterocycles. The maximum Gasteiger partial charge on any atom is 0.255 e. The van der Waals surface area contributed by atoms with Crippen molar-refractivity contribution in [2.24, 2.45) is 5.92 Å². The van der Waals surface area contributed by atoms with Crippen molar-refractivity contribution in [3.05, 3.63) is 21.7 Å². The SMILES string of the molecule is O=C(NCC1CCN(CCC2OCCO2)CC1O)c1cc(Cl)c(Cl)c2c1OCCCO2. The highest BCUT2D eigenvalue weighted by Crippen LogP contribution is 2.44. The van der Waals surface area contributed by atoms with Crippen molar-refractivity contribution in [2.45, 2.75) is 31.7 Å². The van der Waals surface area contributed by atoms with Crippen LogP contribution in [0.3, 0.4) is 0 Å². The average Bonchev–Trinajstić information content (AvgIpc) is 3.16. The summed E-state index contributed by atoms with van der Waals surface area (Å²) in [5.41, 5.74) is 0.287. The van der Waals surface area contributed by atoms with Crippen molar-refractivity contribution in [3.63, 3.8) is 0 Å². The quantitative estimate of drug-likeness (QED) is 0.653. The predicted molar refractivity (Wildman–Crippen MR) is 115 cm³/mol. The van der Waals surface area contributed by atoms with Gasteiger partial charge in [0.1, 0.15) is 5.02 Å². The minimum Gasteiger partial charge on any atom is -0.489 e. The lowest BCUT2D eigenvalue weighted by Crippen LogP contribution is -2.48. The van der Waals surface area contributed by atoms with Crippen LogP contribution in [0.4, 0.5) is 0 Å². The first kappa shape index (κ1) is 22.9. The number of carbonyl (C=O) groups excluding carboxylic acids is 1. The number of benzene rings is 1. The van der Waals surface area contributed by atoms with Crippen LogP contribution in [-0.2, 0) is 9.47 Å². The van der Waals surface area contributed by atoms with Gasteiger partial charge in [0.25, 0.3) is 5.91 Å². The van der Waals surface area contributed by atoms with Crippen LogP contribution in [0.5, 0.6) is 11.5 Å². The van der Waals surface area contributed by atoms with Crippen molar-refractivity contribution in [3.8, 4) is 11.5 Å². The maximum absolute atomic E-state index is 12.9. The Labute approximate surface area is 191 Å². The van der Waals surface area contributed by atoms with E-state index in [1.54, 1.807) is 0 Å². The van der Waals surface area contributed by atoms with E-state index in [9.17, 15) is 9.90 Å². The van der Waals surface area contributed by atoms with Gasteiger partial charge in [-0.25, -0.2) is 0 Å². The zero-order valence-corrected chi connectivity index (χ0v) is 18.8. The summed E-state index contributed by atoms with van der Waals surface area (Å²) < 4.78 is 22.3. The summed E-state index contributed by atoms with van der Waals surface area (Å²) in [6.45, 7) is 4.75. The van der Waals surface area contributed by atoms with Gasteiger partial charge >= 0.3 is 0 Å². The number of piperidine rings is 1. The first-order valence-electron chi connectivity index (χ1n) is 10.7. The molecule has 3 heterocycles. The molecule has 2 atom stereocenters. The number of rotatable bonds is 6. The van der Waals surface area contributed by atoms with Gasteiger partial charge < -0.3 is 34.3 Å². The molecule has 0 bridgehead atoms. The molecule has 0 saturated carbocycles. The van der Waals surface area contributed by atoms with Crippen molar-refractivity contribution >= 4 is 29.1 Å². The molecule has 10 heteroatoms. The van der Waals surface area contributed by atoms with E-state index in [0.717, 1.165) is 25.9 Å². The monoisotopic (exact) mass is 474 g/mol. The molecule has 2 unspecified atom stereocenters. The number of halogens is 2. The van der Waals surface area contributed by atoms with E-state index < -0.39 is 6.10 Å². The lowest BCUT2D eigenvalue weighted by Gasteiger charge is -2.36. The normalized spacial score (nSPS) is 24.7. The Morgan fingerprint density at radius 3 is 2.65 bits per heavy atom. The Kier molecular flexibility index (Phi) is 7.79. The molecule has 4 rings (SSSR count). The minimum absolute atomic E-state index is 0.0299. The predicted octanol–water partition coefficient (Wildman–Crippen LogP) is 2.33. The summed E-state index contributed by atoms with van der Waals surface area (Å²) in [7, 11) is 0. The first-order chi connectivity index (χ1) is 15.0. The van der Waals surface area contributed by atoms with Gasteiger partial charge in [-0.3, -0.25) is 4.79 Å². The van der Waals surface area contributed by atoms with Gasteiger partial charge in [0, 0.05) is 38.4 Å². The van der Waals surface area contributed by atoms with Crippen LogP contribution in [0.25, 0.3) is 0 Å². The molecular formula is C21H28Cl2N2O6. The van der Waals surface area contributed by atoms with Crippen molar-refractivity contribution < 1.29 is 28.8 Å². The Bertz CT molecular complexity index is 790. The third-order valence-corrected chi connectivity index (χ3v) is 6.63. The molecule has 1 aromatic rings. The summed E-state index contributed by atoms with van der Waals surface area (Å²) in [6.07, 6.45) is 1.60. The van der Waals surface area contributed by atoms with E-state index in [1.807, 2.05) is 0 Å². The third kappa shape index (κ3) is 5.56. The standard InChI is InChI=1S/C21H28Cl2N2O6/c22-15-10-14(19-20(18(15)23)31-7-1-6-30-19)21(27)24-11-13-2-4-25(12-16(13)26)5-3-17-28-8-9-29-17/h10,13,16-17,26H,1-9,11-12H2,(H,24,27). The molecule has 1 amide bonds. The van der Waals surface area contributed by atoms with Gasteiger partial charge in [0.2, 0.25) is 0 Å². The minimum atomic E-state index is -0.523. The number of likely N-dealkylation sites (tertiary alicyclic amines) is 1. The number of carbonyl (C=O) groups is 1. The van der Waals surface area contributed by atoms with Gasteiger partial charge in [-0.05, 0) is 19.0 Å². The second kappa shape index (κ2) is 10.6. The molecule has 2 fully saturated rings. The highest BCUT2D eigenvalue weighted by atomic mass is 35.5. The lowest BCUT2D eigenvalue weighted by atomic mass is 9.93. The third-order valence-electron chi connectivity index (χ3n) is 5.86. The number of aliphatic hydroxyl groups excluding tert-OH is 1. The molecule has 2 saturated heterocycles. The van der Waals surface area contributed by atoms with Crippen molar-refractivity contribution in [1.29, 1.82) is 0 Å². The zero-order chi connectivity index (χ0) is 21.8. The number of β-amino-alcohol motifs (C(OH)–C–C–N with tert-alkyl or cyclic N) is 1. The second-order valence-electron chi connectivity index (χ2n) is 8.02. The van der Waals surface area contributed by atoms with E-state index in [4.69, 9.17) is 42.1 Å². The molecule has 2 N–H and O–H groups in total. The van der Waals surface area contributed by atoms with Crippen LogP contribution in [0.2, 0.25) is 10.0 Å². The summed E-state index contributed by atoms with van der Waals surface area (Å²) in [6, 6.07) is 1.50. The topological polar surface area (TPSA) is 89.5 Å². The summed E-state index contributed by atoms with van der Waals surface area (Å²) in [4.78, 5) is 15.1. The Hall–Kier alpha value is -1.29. The fourth-order valence-electron chi connectivity index (χ4n) is 4.10. The van der Waals surface area contributed by atoms with Gasteiger partial charge in [-0.2, -0.15) is 0 Å². The number of amides is 1. The molecule has 1 aromatic carbocycles. The molecule has 8 nitrogen and oxygen atoms in total. The summed E-state index contributed by atoms with van der Waals surface area (Å²) >= 11 is 12.4. The van der Waals surface area contributed by atoms with Gasteiger partial charge in [0.15, 0.2) is 17.8 Å². The second-order valence-corrected chi connectivity index (χ2v) is 8.80. The number of hydrogen-bond acceptors (Lipinski definition) is 7. The summed E-state index contributed by atoms with van der Waals surface area (Å²) in [5, 5.41) is 14.0. The first-order valence-corrected chi connectivity index (χ1v) is 11.5.